The highest BCUT2D eigenvalue weighted by Gasteiger charge is 2.33. The van der Waals surface area contributed by atoms with E-state index in [-0.39, 0.29) is 0 Å². The van der Waals surface area contributed by atoms with Crippen molar-refractivity contribution in [3.63, 3.8) is 0 Å². The molecule has 0 radical (unpaired) electrons. The predicted octanol–water partition coefficient (Wildman–Crippen LogP) is 1.98. The maximum absolute atomic E-state index is 11.4. The molecule has 1 atom stereocenters. The fourth-order valence-corrected chi connectivity index (χ4v) is 3.98. The molecule has 2 aromatic rings. The Kier molecular flexibility index (Phi) is 3.39. The van der Waals surface area contributed by atoms with Crippen LogP contribution in [0.3, 0.4) is 0 Å². The topological polar surface area (TPSA) is 57.5 Å². The maximum Gasteiger partial charge on any atom is 0.337 e. The van der Waals surface area contributed by atoms with E-state index in [2.05, 4.69) is 10.2 Å². The van der Waals surface area contributed by atoms with Gasteiger partial charge in [-0.05, 0) is 44.0 Å². The van der Waals surface area contributed by atoms with Crippen LogP contribution in [0, 0.1) is 5.92 Å². The van der Waals surface area contributed by atoms with Crippen molar-refractivity contribution in [3.05, 3.63) is 36.0 Å². The molecule has 2 N–H and O–H groups in total. The molecule has 5 nitrogen and oxygen atoms in total. The zero-order valence-electron chi connectivity index (χ0n) is 12.5. The summed E-state index contributed by atoms with van der Waals surface area (Å²) in [7, 11) is 0. The monoisotopic (exact) mass is 299 g/mol. The summed E-state index contributed by atoms with van der Waals surface area (Å²) in [6.45, 7) is 4.26. The molecule has 3 saturated heterocycles. The van der Waals surface area contributed by atoms with Gasteiger partial charge in [0.15, 0.2) is 0 Å². The number of rotatable bonds is 4. The minimum Gasteiger partial charge on any atom is -0.478 e. The quantitative estimate of drug-likeness (QED) is 0.906. The molecule has 22 heavy (non-hydrogen) atoms. The third-order valence-electron chi connectivity index (χ3n) is 5.20. The highest BCUT2D eigenvalue weighted by molar-refractivity contribution is 6.02. The second-order valence-corrected chi connectivity index (χ2v) is 6.44. The van der Waals surface area contributed by atoms with Crippen molar-refractivity contribution < 1.29 is 9.90 Å². The summed E-state index contributed by atoms with van der Waals surface area (Å²) in [5.74, 6) is -0.0980. The number of aromatic nitrogens is 1. The Labute approximate surface area is 129 Å². The van der Waals surface area contributed by atoms with Gasteiger partial charge in [-0.1, -0.05) is 12.1 Å². The zero-order valence-corrected chi connectivity index (χ0v) is 12.5. The molecule has 1 aromatic carbocycles. The first-order valence-electron chi connectivity index (χ1n) is 7.99. The highest BCUT2D eigenvalue weighted by atomic mass is 16.4. The molecular formula is C17H21N3O2. The molecule has 1 aromatic heterocycles. The molecule has 0 saturated carbocycles. The van der Waals surface area contributed by atoms with Crippen molar-refractivity contribution in [1.82, 2.24) is 14.8 Å². The van der Waals surface area contributed by atoms with Crippen LogP contribution in [0.1, 0.15) is 23.2 Å². The first kappa shape index (κ1) is 13.8. The fourth-order valence-electron chi connectivity index (χ4n) is 3.98. The van der Waals surface area contributed by atoms with Gasteiger partial charge in [0.05, 0.1) is 17.7 Å². The van der Waals surface area contributed by atoms with Gasteiger partial charge < -0.3 is 14.6 Å². The molecule has 3 fully saturated rings. The minimum absolute atomic E-state index is 0.373. The van der Waals surface area contributed by atoms with Gasteiger partial charge >= 0.3 is 5.97 Å². The first-order valence-corrected chi connectivity index (χ1v) is 7.99. The Morgan fingerprint density at radius 1 is 1.27 bits per heavy atom. The number of piperidine rings is 3. The second-order valence-electron chi connectivity index (χ2n) is 6.44. The van der Waals surface area contributed by atoms with Crippen molar-refractivity contribution in [2.75, 3.05) is 19.6 Å². The van der Waals surface area contributed by atoms with Crippen molar-refractivity contribution in [3.8, 4) is 0 Å². The molecule has 0 spiro atoms. The van der Waals surface area contributed by atoms with Crippen LogP contribution in [0.2, 0.25) is 0 Å². The van der Waals surface area contributed by atoms with Crippen LogP contribution in [-0.4, -0.2) is 46.2 Å². The average molecular weight is 299 g/mol. The minimum atomic E-state index is -0.867. The van der Waals surface area contributed by atoms with Gasteiger partial charge in [-0.15, -0.1) is 0 Å². The van der Waals surface area contributed by atoms with Crippen molar-refractivity contribution >= 4 is 16.9 Å². The smallest absolute Gasteiger partial charge is 0.337 e. The summed E-state index contributed by atoms with van der Waals surface area (Å²) in [6.07, 6.45) is 4.54. The number of hydrogen-bond acceptors (Lipinski definition) is 3. The Balaban J connectivity index is 1.56. The predicted molar refractivity (Wildman–Crippen MR) is 85.0 cm³/mol. The number of aromatic carboxylic acids is 1. The molecule has 1 unspecified atom stereocenters. The zero-order chi connectivity index (χ0) is 15.1. The second kappa shape index (κ2) is 5.41. The van der Waals surface area contributed by atoms with Crippen molar-refractivity contribution in [1.29, 1.82) is 0 Å². The van der Waals surface area contributed by atoms with E-state index in [9.17, 15) is 9.90 Å². The molecule has 5 rings (SSSR count). The van der Waals surface area contributed by atoms with Crippen molar-refractivity contribution in [2.45, 2.75) is 25.6 Å². The summed E-state index contributed by atoms with van der Waals surface area (Å²) in [6, 6.07) is 7.95. The van der Waals surface area contributed by atoms with Crippen LogP contribution in [0.15, 0.2) is 30.5 Å². The van der Waals surface area contributed by atoms with Crippen LogP contribution in [0.4, 0.5) is 0 Å². The molecular weight excluding hydrogens is 278 g/mol. The number of para-hydroxylation sites is 1. The van der Waals surface area contributed by atoms with E-state index in [1.165, 1.54) is 25.9 Å². The van der Waals surface area contributed by atoms with Crippen molar-refractivity contribution in [2.24, 2.45) is 5.92 Å². The molecule has 0 amide bonds. The largest absolute Gasteiger partial charge is 0.478 e. The lowest BCUT2D eigenvalue weighted by molar-refractivity contribution is 0.0687. The lowest BCUT2D eigenvalue weighted by Crippen LogP contribution is -2.56. The number of carboxylic acid groups (broad SMARTS) is 1. The van der Waals surface area contributed by atoms with Crippen LogP contribution in [0.5, 0.6) is 0 Å². The van der Waals surface area contributed by atoms with E-state index < -0.39 is 5.97 Å². The SMILES string of the molecule is O=C(O)c1cccc2ccn(CNC3CN4CCC3CC4)c12. The molecule has 3 aliphatic heterocycles. The third-order valence-corrected chi connectivity index (χ3v) is 5.20. The molecule has 4 heterocycles. The number of carboxylic acids is 1. The molecule has 116 valence electrons. The van der Waals surface area contributed by atoms with Crippen LogP contribution in [0.25, 0.3) is 10.9 Å². The highest BCUT2D eigenvalue weighted by Crippen LogP contribution is 2.28. The Hall–Kier alpha value is -1.85. The summed E-state index contributed by atoms with van der Waals surface area (Å²) in [5.41, 5.74) is 1.18. The number of nitrogens with one attached hydrogen (secondary N) is 1. The molecule has 0 aliphatic carbocycles. The normalized spacial score (nSPS) is 27.4. The van der Waals surface area contributed by atoms with Gasteiger partial charge in [-0.25, -0.2) is 4.79 Å². The number of nitrogens with zero attached hydrogens (tertiary/aromatic N) is 2. The van der Waals surface area contributed by atoms with E-state index in [0.29, 0.717) is 18.3 Å². The summed E-state index contributed by atoms with van der Waals surface area (Å²) >= 11 is 0. The fraction of sp³-hybridized carbons (Fsp3) is 0.471. The summed E-state index contributed by atoms with van der Waals surface area (Å²) in [4.78, 5) is 14.0. The summed E-state index contributed by atoms with van der Waals surface area (Å²) < 4.78 is 2.02. The average Bonchev–Trinajstić information content (AvgIpc) is 2.97. The number of benzene rings is 1. The van der Waals surface area contributed by atoms with E-state index in [1.807, 2.05) is 22.9 Å². The standard InChI is InChI=1S/C17H21N3O2/c21-17(22)14-3-1-2-13-6-9-20(16(13)14)11-18-15-10-19-7-4-12(15)5-8-19/h1-3,6,9,12,15,18H,4-5,7-8,10-11H2,(H,21,22). The van der Waals surface area contributed by atoms with E-state index in [1.54, 1.807) is 12.1 Å². The van der Waals surface area contributed by atoms with Gasteiger partial charge in [0.25, 0.3) is 0 Å². The number of hydrogen-bond donors (Lipinski definition) is 2. The maximum atomic E-state index is 11.4. The van der Waals surface area contributed by atoms with Gasteiger partial charge in [-0.2, -0.15) is 0 Å². The number of carbonyl (C=O) groups is 1. The third kappa shape index (κ3) is 2.30. The first-order chi connectivity index (χ1) is 10.7. The van der Waals surface area contributed by atoms with Crippen LogP contribution >= 0.6 is 0 Å². The van der Waals surface area contributed by atoms with Crippen LogP contribution in [-0.2, 0) is 6.67 Å². The van der Waals surface area contributed by atoms with E-state index in [0.717, 1.165) is 23.4 Å². The van der Waals surface area contributed by atoms with Crippen LogP contribution < -0.4 is 5.32 Å². The van der Waals surface area contributed by atoms with Gasteiger partial charge in [0.2, 0.25) is 0 Å². The van der Waals surface area contributed by atoms with E-state index >= 15 is 0 Å². The lowest BCUT2D eigenvalue weighted by Gasteiger charge is -2.45. The van der Waals surface area contributed by atoms with E-state index in [4.69, 9.17) is 0 Å². The number of fused-ring (bicyclic) bond motifs is 4. The molecule has 5 heteroatoms. The Morgan fingerprint density at radius 3 is 2.77 bits per heavy atom. The summed E-state index contributed by atoms with van der Waals surface area (Å²) in [5, 5.41) is 14.0. The molecule has 3 aliphatic rings. The van der Waals surface area contributed by atoms with Gasteiger partial charge in [0.1, 0.15) is 0 Å². The molecule has 2 bridgehead atoms. The van der Waals surface area contributed by atoms with Gasteiger partial charge in [0, 0.05) is 24.2 Å². The van der Waals surface area contributed by atoms with Gasteiger partial charge in [-0.3, -0.25) is 5.32 Å². The lowest BCUT2D eigenvalue weighted by atomic mass is 9.84. The Morgan fingerprint density at radius 2 is 2.09 bits per heavy atom. The Bertz CT molecular complexity index is 701.